The Hall–Kier alpha value is -1.22. The van der Waals surface area contributed by atoms with Crippen molar-refractivity contribution in [1.82, 2.24) is 0 Å². The van der Waals surface area contributed by atoms with E-state index in [-0.39, 0.29) is 11.6 Å². The van der Waals surface area contributed by atoms with Crippen molar-refractivity contribution >= 4 is 11.6 Å². The SMILES string of the molecule is CC1=CC(=O)C=C(CCCCCCCCCCO)C1=O. The predicted molar refractivity (Wildman–Crippen MR) is 80.5 cm³/mol. The molecule has 0 bridgehead atoms. The molecule has 0 saturated heterocycles. The van der Waals surface area contributed by atoms with Crippen LogP contribution in [0.3, 0.4) is 0 Å². The molecule has 1 rings (SSSR count). The second kappa shape index (κ2) is 9.65. The summed E-state index contributed by atoms with van der Waals surface area (Å²) in [4.78, 5) is 23.2. The first-order valence-corrected chi connectivity index (χ1v) is 7.73. The van der Waals surface area contributed by atoms with Crippen LogP contribution in [0.4, 0.5) is 0 Å². The summed E-state index contributed by atoms with van der Waals surface area (Å²) in [5.41, 5.74) is 1.24. The van der Waals surface area contributed by atoms with Gasteiger partial charge in [0.1, 0.15) is 0 Å². The van der Waals surface area contributed by atoms with Gasteiger partial charge in [-0.05, 0) is 38.3 Å². The molecule has 0 spiro atoms. The van der Waals surface area contributed by atoms with Crippen molar-refractivity contribution in [1.29, 1.82) is 0 Å². The van der Waals surface area contributed by atoms with Crippen LogP contribution >= 0.6 is 0 Å². The molecule has 20 heavy (non-hydrogen) atoms. The molecule has 0 unspecified atom stereocenters. The number of hydrogen-bond donors (Lipinski definition) is 1. The van der Waals surface area contributed by atoms with E-state index in [2.05, 4.69) is 0 Å². The molecule has 1 aliphatic rings. The van der Waals surface area contributed by atoms with Gasteiger partial charge < -0.3 is 5.11 Å². The standard InChI is InChI=1S/C17H26O3/c1-14-12-16(19)13-15(17(14)20)10-8-6-4-2-3-5-7-9-11-18/h12-13,18H,2-11H2,1H3. The normalized spacial score (nSPS) is 15.3. The highest BCUT2D eigenvalue weighted by Gasteiger charge is 2.17. The summed E-state index contributed by atoms with van der Waals surface area (Å²) >= 11 is 0. The molecule has 0 aromatic heterocycles. The van der Waals surface area contributed by atoms with Crippen molar-refractivity contribution in [2.45, 2.75) is 64.7 Å². The van der Waals surface area contributed by atoms with E-state index in [9.17, 15) is 9.59 Å². The third kappa shape index (κ3) is 6.29. The molecule has 1 N–H and O–H groups in total. The third-order valence-electron chi connectivity index (χ3n) is 3.68. The quantitative estimate of drug-likeness (QED) is 0.491. The molecule has 1 aliphatic carbocycles. The summed E-state index contributed by atoms with van der Waals surface area (Å²) in [6, 6.07) is 0. The number of hydrogen-bond acceptors (Lipinski definition) is 3. The zero-order valence-electron chi connectivity index (χ0n) is 12.5. The molecule has 112 valence electrons. The Labute approximate surface area is 121 Å². The number of aliphatic hydroxyl groups excluding tert-OH is 1. The van der Waals surface area contributed by atoms with E-state index in [4.69, 9.17) is 5.11 Å². The lowest BCUT2D eigenvalue weighted by Gasteiger charge is -2.10. The van der Waals surface area contributed by atoms with Crippen LogP contribution in [0.5, 0.6) is 0 Å². The molecule has 3 nitrogen and oxygen atoms in total. The lowest BCUT2D eigenvalue weighted by Crippen LogP contribution is -2.12. The Morgan fingerprint density at radius 1 is 0.850 bits per heavy atom. The first-order chi connectivity index (χ1) is 9.65. The molecular weight excluding hydrogens is 252 g/mol. The Morgan fingerprint density at radius 3 is 2.00 bits per heavy atom. The van der Waals surface area contributed by atoms with Crippen LogP contribution in [0.2, 0.25) is 0 Å². The van der Waals surface area contributed by atoms with Gasteiger partial charge in [0.2, 0.25) is 0 Å². The Balaban J connectivity index is 2.07. The number of allylic oxidation sites excluding steroid dienone is 4. The molecule has 0 fully saturated rings. The molecule has 0 aromatic rings. The van der Waals surface area contributed by atoms with E-state index in [0.717, 1.165) is 32.1 Å². The molecule has 0 aliphatic heterocycles. The van der Waals surface area contributed by atoms with E-state index in [1.807, 2.05) is 0 Å². The lowest BCUT2D eigenvalue weighted by molar-refractivity contribution is -0.115. The van der Waals surface area contributed by atoms with Crippen molar-refractivity contribution in [2.24, 2.45) is 0 Å². The monoisotopic (exact) mass is 278 g/mol. The van der Waals surface area contributed by atoms with Crippen molar-refractivity contribution < 1.29 is 14.7 Å². The molecule has 0 amide bonds. The van der Waals surface area contributed by atoms with Crippen molar-refractivity contribution in [3.63, 3.8) is 0 Å². The molecule has 0 heterocycles. The fraction of sp³-hybridized carbons (Fsp3) is 0.647. The highest BCUT2D eigenvalue weighted by molar-refractivity contribution is 6.19. The summed E-state index contributed by atoms with van der Waals surface area (Å²) < 4.78 is 0. The summed E-state index contributed by atoms with van der Waals surface area (Å²) in [5, 5.41) is 8.66. The Bertz CT molecular complexity index is 391. The minimum atomic E-state index is -0.0546. The fourth-order valence-corrected chi connectivity index (χ4v) is 2.48. The number of aliphatic hydroxyl groups is 1. The van der Waals surface area contributed by atoms with Crippen LogP contribution in [0, 0.1) is 0 Å². The maximum absolute atomic E-state index is 11.8. The molecule has 0 radical (unpaired) electrons. The summed E-state index contributed by atoms with van der Waals surface area (Å²) in [6.07, 6.45) is 12.6. The van der Waals surface area contributed by atoms with E-state index in [1.165, 1.54) is 37.8 Å². The number of Topliss-reactive ketones (excluding diaryl/α,β-unsaturated/α-hetero) is 1. The largest absolute Gasteiger partial charge is 0.396 e. The van der Waals surface area contributed by atoms with Gasteiger partial charge in [0.25, 0.3) is 0 Å². The zero-order chi connectivity index (χ0) is 14.8. The van der Waals surface area contributed by atoms with Crippen LogP contribution in [-0.2, 0) is 9.59 Å². The molecule has 0 aromatic carbocycles. The number of unbranched alkanes of at least 4 members (excludes halogenated alkanes) is 7. The minimum Gasteiger partial charge on any atom is -0.396 e. The van der Waals surface area contributed by atoms with E-state index < -0.39 is 0 Å². The maximum atomic E-state index is 11.8. The Morgan fingerprint density at radius 2 is 1.40 bits per heavy atom. The van der Waals surface area contributed by atoms with Gasteiger partial charge >= 0.3 is 0 Å². The van der Waals surface area contributed by atoms with Crippen LogP contribution in [0.15, 0.2) is 23.3 Å². The van der Waals surface area contributed by atoms with Gasteiger partial charge in [0, 0.05) is 17.8 Å². The van der Waals surface area contributed by atoms with Gasteiger partial charge in [-0.3, -0.25) is 9.59 Å². The number of ketones is 2. The first-order valence-electron chi connectivity index (χ1n) is 7.73. The predicted octanol–water partition coefficient (Wildman–Crippen LogP) is 3.51. The summed E-state index contributed by atoms with van der Waals surface area (Å²) in [6.45, 7) is 2.01. The van der Waals surface area contributed by atoms with Gasteiger partial charge in [0.15, 0.2) is 11.6 Å². The van der Waals surface area contributed by atoms with Crippen molar-refractivity contribution in [3.05, 3.63) is 23.3 Å². The molecular formula is C17H26O3. The lowest BCUT2D eigenvalue weighted by atomic mass is 9.93. The molecule has 0 saturated carbocycles. The minimum absolute atomic E-state index is 0.0357. The maximum Gasteiger partial charge on any atom is 0.184 e. The van der Waals surface area contributed by atoms with Gasteiger partial charge in [-0.2, -0.15) is 0 Å². The summed E-state index contributed by atoms with van der Waals surface area (Å²) in [5.74, 6) is -0.0189. The number of carbonyl (C=O) groups excluding carboxylic acids is 2. The van der Waals surface area contributed by atoms with Crippen LogP contribution in [0.1, 0.15) is 64.7 Å². The second-order valence-electron chi connectivity index (χ2n) is 5.53. The topological polar surface area (TPSA) is 54.4 Å². The summed E-state index contributed by atoms with van der Waals surface area (Å²) in [7, 11) is 0. The van der Waals surface area contributed by atoms with Crippen molar-refractivity contribution in [3.8, 4) is 0 Å². The van der Waals surface area contributed by atoms with Gasteiger partial charge in [0.05, 0.1) is 0 Å². The number of carbonyl (C=O) groups is 2. The Kier molecular flexibility index (Phi) is 8.12. The molecule has 3 heteroatoms. The highest BCUT2D eigenvalue weighted by Crippen LogP contribution is 2.19. The highest BCUT2D eigenvalue weighted by atomic mass is 16.2. The van der Waals surface area contributed by atoms with Gasteiger partial charge in [-0.15, -0.1) is 0 Å². The smallest absolute Gasteiger partial charge is 0.184 e. The van der Waals surface area contributed by atoms with Crippen LogP contribution < -0.4 is 0 Å². The van der Waals surface area contributed by atoms with Gasteiger partial charge in [-0.25, -0.2) is 0 Å². The molecule has 0 atom stereocenters. The number of rotatable bonds is 10. The fourth-order valence-electron chi connectivity index (χ4n) is 2.48. The average molecular weight is 278 g/mol. The van der Waals surface area contributed by atoms with Gasteiger partial charge in [-0.1, -0.05) is 38.5 Å². The van der Waals surface area contributed by atoms with Crippen LogP contribution in [-0.4, -0.2) is 23.3 Å². The van der Waals surface area contributed by atoms with E-state index in [0.29, 0.717) is 17.8 Å². The van der Waals surface area contributed by atoms with E-state index in [1.54, 1.807) is 6.92 Å². The average Bonchev–Trinajstić information content (AvgIpc) is 2.42. The zero-order valence-corrected chi connectivity index (χ0v) is 12.5. The first kappa shape index (κ1) is 16.8. The van der Waals surface area contributed by atoms with Crippen LogP contribution in [0.25, 0.3) is 0 Å². The van der Waals surface area contributed by atoms with E-state index >= 15 is 0 Å². The van der Waals surface area contributed by atoms with Crippen molar-refractivity contribution in [2.75, 3.05) is 6.61 Å². The third-order valence-corrected chi connectivity index (χ3v) is 3.68. The second-order valence-corrected chi connectivity index (χ2v) is 5.53.